The molecule has 0 bridgehead atoms. The second-order valence-electron chi connectivity index (χ2n) is 1.62. The maximum atomic E-state index is 9.75. The SMILES string of the molecule is O=C([O-])[C@H]1O[C@@H]1C(=O)[O-]. The second kappa shape index (κ2) is 1.70. The van der Waals surface area contributed by atoms with Crippen LogP contribution >= 0.6 is 0 Å². The lowest BCUT2D eigenvalue weighted by Crippen LogP contribution is -2.35. The molecular formula is C4H2O5-2. The minimum absolute atomic E-state index is 1.30. The van der Waals surface area contributed by atoms with E-state index in [1.54, 1.807) is 0 Å². The number of carboxylic acids is 2. The standard InChI is InChI=1S/C4H4O5/c5-3(6)1-2(9-1)4(7)8/h1-2H,(H,5,6)(H,7,8)/p-2/t1-,2-/m0/s1. The minimum Gasteiger partial charge on any atom is -0.547 e. The number of ether oxygens (including phenoxy) is 1. The van der Waals surface area contributed by atoms with Gasteiger partial charge >= 0.3 is 0 Å². The Kier molecular flexibility index (Phi) is 1.14. The van der Waals surface area contributed by atoms with Crippen LogP contribution < -0.4 is 10.2 Å². The summed E-state index contributed by atoms with van der Waals surface area (Å²) in [6, 6.07) is 0. The number of hydrogen-bond donors (Lipinski definition) is 0. The number of aliphatic carboxylic acids is 2. The van der Waals surface area contributed by atoms with Crippen LogP contribution in [0.4, 0.5) is 0 Å². The van der Waals surface area contributed by atoms with Crippen LogP contribution in [0.3, 0.4) is 0 Å². The van der Waals surface area contributed by atoms with E-state index in [1.165, 1.54) is 0 Å². The molecule has 0 unspecified atom stereocenters. The summed E-state index contributed by atoms with van der Waals surface area (Å²) in [6.07, 6.45) is -2.59. The summed E-state index contributed by atoms with van der Waals surface area (Å²) in [5, 5.41) is 19.5. The van der Waals surface area contributed by atoms with Gasteiger partial charge in [0.1, 0.15) is 12.2 Å². The van der Waals surface area contributed by atoms with E-state index in [-0.39, 0.29) is 0 Å². The molecule has 1 rings (SSSR count). The third-order valence-electron chi connectivity index (χ3n) is 0.956. The molecule has 0 aromatic heterocycles. The highest BCUT2D eigenvalue weighted by Crippen LogP contribution is 2.19. The first-order valence-electron chi connectivity index (χ1n) is 2.20. The van der Waals surface area contributed by atoms with Crippen molar-refractivity contribution in [2.75, 3.05) is 0 Å². The molecule has 0 aromatic carbocycles. The lowest BCUT2D eigenvalue weighted by molar-refractivity contribution is -0.311. The van der Waals surface area contributed by atoms with Gasteiger partial charge in [-0.05, 0) is 0 Å². The molecule has 0 saturated carbocycles. The van der Waals surface area contributed by atoms with Crippen LogP contribution in [0, 0.1) is 0 Å². The normalized spacial score (nSPS) is 31.6. The predicted molar refractivity (Wildman–Crippen MR) is 18.7 cm³/mol. The highest BCUT2D eigenvalue weighted by Gasteiger charge is 2.41. The summed E-state index contributed by atoms with van der Waals surface area (Å²) >= 11 is 0. The Labute approximate surface area is 49.9 Å². The molecule has 2 atom stereocenters. The first-order valence-corrected chi connectivity index (χ1v) is 2.20. The Balaban J connectivity index is 2.42. The minimum atomic E-state index is -1.51. The Morgan fingerprint density at radius 2 is 1.44 bits per heavy atom. The van der Waals surface area contributed by atoms with Crippen molar-refractivity contribution < 1.29 is 24.5 Å². The number of hydrogen-bond acceptors (Lipinski definition) is 5. The van der Waals surface area contributed by atoms with Crippen LogP contribution in [0.5, 0.6) is 0 Å². The van der Waals surface area contributed by atoms with Gasteiger partial charge in [-0.25, -0.2) is 0 Å². The molecular weight excluding hydrogens is 128 g/mol. The summed E-state index contributed by atoms with van der Waals surface area (Å²) in [6.45, 7) is 0. The fourth-order valence-corrected chi connectivity index (χ4v) is 0.471. The maximum Gasteiger partial charge on any atom is 0.129 e. The predicted octanol–water partition coefficient (Wildman–Crippen LogP) is -3.75. The van der Waals surface area contributed by atoms with Gasteiger partial charge < -0.3 is 24.5 Å². The van der Waals surface area contributed by atoms with Crippen molar-refractivity contribution in [3.8, 4) is 0 Å². The van der Waals surface area contributed by atoms with Gasteiger partial charge in [0.05, 0.1) is 11.9 Å². The zero-order chi connectivity index (χ0) is 7.02. The number of carbonyl (C=O) groups is 2. The second-order valence-corrected chi connectivity index (χ2v) is 1.62. The van der Waals surface area contributed by atoms with E-state index >= 15 is 0 Å². The van der Waals surface area contributed by atoms with E-state index < -0.39 is 24.1 Å². The molecule has 0 aromatic rings. The highest BCUT2D eigenvalue weighted by atomic mass is 16.6. The van der Waals surface area contributed by atoms with Gasteiger partial charge in [0.15, 0.2) is 0 Å². The van der Waals surface area contributed by atoms with Crippen molar-refractivity contribution in [2.45, 2.75) is 12.2 Å². The van der Waals surface area contributed by atoms with Gasteiger partial charge in [-0.3, -0.25) is 0 Å². The molecule has 5 nitrogen and oxygen atoms in total. The maximum absolute atomic E-state index is 9.75. The average Bonchev–Trinajstić information content (AvgIpc) is 2.39. The summed E-state index contributed by atoms with van der Waals surface area (Å²) in [7, 11) is 0. The van der Waals surface area contributed by atoms with Crippen molar-refractivity contribution in [2.24, 2.45) is 0 Å². The lowest BCUT2D eigenvalue weighted by atomic mass is 10.3. The van der Waals surface area contributed by atoms with Crippen LogP contribution in [0.2, 0.25) is 0 Å². The van der Waals surface area contributed by atoms with Crippen molar-refractivity contribution >= 4 is 11.9 Å². The third-order valence-corrected chi connectivity index (χ3v) is 0.956. The Morgan fingerprint density at radius 1 is 1.11 bits per heavy atom. The molecule has 1 saturated heterocycles. The zero-order valence-electron chi connectivity index (χ0n) is 4.20. The molecule has 5 heteroatoms. The molecule has 50 valence electrons. The topological polar surface area (TPSA) is 92.8 Å². The molecule has 1 aliphatic heterocycles. The van der Waals surface area contributed by atoms with E-state index in [1.807, 2.05) is 0 Å². The van der Waals surface area contributed by atoms with Crippen LogP contribution in [0.25, 0.3) is 0 Å². The van der Waals surface area contributed by atoms with Gasteiger partial charge in [0, 0.05) is 0 Å². The van der Waals surface area contributed by atoms with E-state index in [9.17, 15) is 19.8 Å². The molecule has 0 aliphatic carbocycles. The highest BCUT2D eigenvalue weighted by molar-refractivity contribution is 5.85. The molecule has 0 amide bonds. The summed E-state index contributed by atoms with van der Waals surface area (Å²) in [5.74, 6) is -3.02. The Bertz CT molecular complexity index is 144. The van der Waals surface area contributed by atoms with Crippen LogP contribution in [-0.2, 0) is 14.3 Å². The monoisotopic (exact) mass is 130 g/mol. The Morgan fingerprint density at radius 3 is 1.56 bits per heavy atom. The number of carboxylic acid groups (broad SMARTS) is 2. The average molecular weight is 130 g/mol. The quantitative estimate of drug-likeness (QED) is 0.358. The molecule has 1 aliphatic rings. The van der Waals surface area contributed by atoms with Gasteiger partial charge in [0.2, 0.25) is 0 Å². The molecule has 9 heavy (non-hydrogen) atoms. The van der Waals surface area contributed by atoms with Crippen LogP contribution in [0.1, 0.15) is 0 Å². The molecule has 1 fully saturated rings. The zero-order valence-corrected chi connectivity index (χ0v) is 4.20. The van der Waals surface area contributed by atoms with E-state index in [0.717, 1.165) is 0 Å². The van der Waals surface area contributed by atoms with Crippen molar-refractivity contribution in [3.05, 3.63) is 0 Å². The lowest BCUT2D eigenvalue weighted by Gasteiger charge is -1.94. The third kappa shape index (κ3) is 0.996. The van der Waals surface area contributed by atoms with E-state index in [2.05, 4.69) is 4.74 Å². The number of rotatable bonds is 2. The summed E-state index contributed by atoms with van der Waals surface area (Å²) in [5.41, 5.74) is 0. The largest absolute Gasteiger partial charge is 0.547 e. The molecule has 1 heterocycles. The smallest absolute Gasteiger partial charge is 0.129 e. The fraction of sp³-hybridized carbons (Fsp3) is 0.500. The van der Waals surface area contributed by atoms with Gasteiger partial charge in [-0.2, -0.15) is 0 Å². The van der Waals surface area contributed by atoms with Crippen molar-refractivity contribution in [3.63, 3.8) is 0 Å². The molecule has 0 radical (unpaired) electrons. The van der Waals surface area contributed by atoms with Crippen LogP contribution in [0.15, 0.2) is 0 Å². The fourth-order valence-electron chi connectivity index (χ4n) is 0.471. The van der Waals surface area contributed by atoms with Crippen LogP contribution in [-0.4, -0.2) is 24.1 Å². The Hall–Kier alpha value is -1.10. The summed E-state index contributed by atoms with van der Waals surface area (Å²) in [4.78, 5) is 19.5. The first-order chi connectivity index (χ1) is 4.13. The van der Waals surface area contributed by atoms with E-state index in [0.29, 0.717) is 0 Å². The van der Waals surface area contributed by atoms with Gasteiger partial charge in [-0.1, -0.05) is 0 Å². The number of carbonyl (C=O) groups excluding carboxylic acids is 2. The van der Waals surface area contributed by atoms with E-state index in [4.69, 9.17) is 0 Å². The van der Waals surface area contributed by atoms with Gasteiger partial charge in [0.25, 0.3) is 0 Å². The first kappa shape index (κ1) is 6.03. The van der Waals surface area contributed by atoms with Crippen molar-refractivity contribution in [1.82, 2.24) is 0 Å². The molecule has 0 N–H and O–H groups in total. The van der Waals surface area contributed by atoms with Crippen molar-refractivity contribution in [1.29, 1.82) is 0 Å². The van der Waals surface area contributed by atoms with Gasteiger partial charge in [-0.15, -0.1) is 0 Å². The summed E-state index contributed by atoms with van der Waals surface area (Å²) < 4.78 is 4.12. The number of epoxide rings is 1. The molecule has 0 spiro atoms.